The summed E-state index contributed by atoms with van der Waals surface area (Å²) in [6, 6.07) is 27.0. The van der Waals surface area contributed by atoms with Gasteiger partial charge in [-0.25, -0.2) is 0 Å². The normalized spacial score (nSPS) is 14.5. The van der Waals surface area contributed by atoms with Crippen LogP contribution in [0.4, 0.5) is 0 Å². The second kappa shape index (κ2) is 11.6. The van der Waals surface area contributed by atoms with Gasteiger partial charge in [-0.2, -0.15) is 0 Å². The van der Waals surface area contributed by atoms with E-state index in [2.05, 4.69) is 5.32 Å². The molecule has 172 valence electrons. The summed E-state index contributed by atoms with van der Waals surface area (Å²) in [5, 5.41) is 2.84. The molecule has 0 bridgehead atoms. The minimum Gasteiger partial charge on any atom is -0.484 e. The van der Waals surface area contributed by atoms with Gasteiger partial charge in [0.2, 0.25) is 0 Å². The van der Waals surface area contributed by atoms with Gasteiger partial charge in [-0.1, -0.05) is 96.8 Å². The van der Waals surface area contributed by atoms with Crippen LogP contribution in [0.5, 0.6) is 5.75 Å². The highest BCUT2D eigenvalue weighted by atomic mass is 32.2. The van der Waals surface area contributed by atoms with Gasteiger partial charge < -0.3 is 10.1 Å². The molecule has 5 nitrogen and oxygen atoms in total. The highest BCUT2D eigenvalue weighted by molar-refractivity contribution is 8.26. The van der Waals surface area contributed by atoms with E-state index in [0.29, 0.717) is 28.1 Å². The molecule has 1 N–H and O–H groups in total. The van der Waals surface area contributed by atoms with Crippen molar-refractivity contribution in [2.75, 3.05) is 13.2 Å². The Hall–Kier alpha value is -3.42. The van der Waals surface area contributed by atoms with Crippen molar-refractivity contribution in [3.05, 3.63) is 107 Å². The zero-order valence-corrected chi connectivity index (χ0v) is 20.1. The highest BCUT2D eigenvalue weighted by Crippen LogP contribution is 2.33. The molecule has 2 amide bonds. The van der Waals surface area contributed by atoms with E-state index in [1.165, 1.54) is 11.8 Å². The van der Waals surface area contributed by atoms with Gasteiger partial charge in [0.05, 0.1) is 4.91 Å². The number of nitrogens with zero attached hydrogens (tertiary/aromatic N) is 1. The fourth-order valence-electron chi connectivity index (χ4n) is 3.42. The van der Waals surface area contributed by atoms with E-state index in [9.17, 15) is 9.59 Å². The smallest absolute Gasteiger partial charge is 0.266 e. The summed E-state index contributed by atoms with van der Waals surface area (Å²) >= 11 is 6.74. The fourth-order valence-corrected chi connectivity index (χ4v) is 4.73. The summed E-state index contributed by atoms with van der Waals surface area (Å²) in [5.74, 6) is 0.272. The summed E-state index contributed by atoms with van der Waals surface area (Å²) in [6.45, 7) is 0.917. The first-order chi connectivity index (χ1) is 16.6. The van der Waals surface area contributed by atoms with Gasteiger partial charge in [0, 0.05) is 13.1 Å². The van der Waals surface area contributed by atoms with Gasteiger partial charge in [-0.15, -0.1) is 0 Å². The van der Waals surface area contributed by atoms with Crippen LogP contribution >= 0.6 is 24.0 Å². The second-order valence-corrected chi connectivity index (χ2v) is 9.37. The molecule has 0 spiro atoms. The van der Waals surface area contributed by atoms with Crippen molar-refractivity contribution in [3.63, 3.8) is 0 Å². The Bertz CT molecular complexity index is 1200. The van der Waals surface area contributed by atoms with Gasteiger partial charge in [-0.05, 0) is 41.3 Å². The van der Waals surface area contributed by atoms with Crippen molar-refractivity contribution < 1.29 is 14.3 Å². The average Bonchev–Trinajstić information content (AvgIpc) is 3.13. The molecule has 0 aromatic heterocycles. The van der Waals surface area contributed by atoms with Gasteiger partial charge in [0.1, 0.15) is 10.1 Å². The second-order valence-electron chi connectivity index (χ2n) is 7.69. The van der Waals surface area contributed by atoms with Crippen LogP contribution in [-0.2, 0) is 22.6 Å². The molecule has 4 rings (SSSR count). The Labute approximate surface area is 208 Å². The lowest BCUT2D eigenvalue weighted by atomic mass is 10.1. The molecule has 1 aliphatic rings. The number of nitrogens with one attached hydrogen (secondary N) is 1. The van der Waals surface area contributed by atoms with Crippen molar-refractivity contribution in [2.24, 2.45) is 0 Å². The van der Waals surface area contributed by atoms with Gasteiger partial charge in [0.15, 0.2) is 6.61 Å². The van der Waals surface area contributed by atoms with E-state index in [1.807, 2.05) is 78.9 Å². The molecule has 7 heteroatoms. The van der Waals surface area contributed by atoms with Gasteiger partial charge in [0.25, 0.3) is 11.8 Å². The minimum absolute atomic E-state index is 0.0854. The predicted molar refractivity (Wildman–Crippen MR) is 140 cm³/mol. The van der Waals surface area contributed by atoms with Crippen molar-refractivity contribution in [1.82, 2.24) is 10.2 Å². The molecular weight excluding hydrogens is 464 g/mol. The quantitative estimate of drug-likeness (QED) is 0.346. The maximum Gasteiger partial charge on any atom is 0.266 e. The Morgan fingerprint density at radius 3 is 2.41 bits per heavy atom. The Kier molecular flexibility index (Phi) is 8.12. The van der Waals surface area contributed by atoms with Crippen molar-refractivity contribution in [3.8, 4) is 5.75 Å². The molecule has 1 fully saturated rings. The fraction of sp³-hybridized carbons (Fsp3) is 0.148. The third-order valence-electron chi connectivity index (χ3n) is 5.20. The van der Waals surface area contributed by atoms with Crippen LogP contribution in [0.25, 0.3) is 6.08 Å². The first kappa shape index (κ1) is 23.7. The minimum atomic E-state index is -0.200. The molecule has 1 aliphatic heterocycles. The topological polar surface area (TPSA) is 58.6 Å². The van der Waals surface area contributed by atoms with Crippen molar-refractivity contribution in [1.29, 1.82) is 0 Å². The molecule has 3 aromatic rings. The highest BCUT2D eigenvalue weighted by Gasteiger charge is 2.31. The number of thiocarbonyl (C=S) groups is 1. The summed E-state index contributed by atoms with van der Waals surface area (Å²) in [5.41, 5.74) is 3.00. The average molecular weight is 489 g/mol. The number of rotatable bonds is 9. The number of thioether (sulfide) groups is 1. The van der Waals surface area contributed by atoms with E-state index in [0.717, 1.165) is 23.1 Å². The number of carbonyl (C=O) groups is 2. The molecular formula is C27H24N2O3S2. The zero-order valence-electron chi connectivity index (χ0n) is 18.5. The number of ether oxygens (including phenoxy) is 1. The van der Waals surface area contributed by atoms with Gasteiger partial charge in [-0.3, -0.25) is 14.5 Å². The maximum atomic E-state index is 12.9. The third-order valence-corrected chi connectivity index (χ3v) is 6.58. The molecule has 0 atom stereocenters. The molecule has 0 unspecified atom stereocenters. The van der Waals surface area contributed by atoms with E-state index in [1.54, 1.807) is 17.0 Å². The van der Waals surface area contributed by atoms with Crippen molar-refractivity contribution in [2.45, 2.75) is 13.0 Å². The van der Waals surface area contributed by atoms with E-state index < -0.39 is 0 Å². The first-order valence-electron chi connectivity index (χ1n) is 10.9. The van der Waals surface area contributed by atoms with Crippen LogP contribution < -0.4 is 10.1 Å². The summed E-state index contributed by atoms with van der Waals surface area (Å²) in [7, 11) is 0. The SMILES string of the molecule is O=C(COc1cccc(/C=C2\SC(=S)N(CCc3ccccc3)C2=O)c1)NCc1ccccc1. The third kappa shape index (κ3) is 6.56. The predicted octanol–water partition coefficient (Wildman–Crippen LogP) is 4.83. The number of carbonyl (C=O) groups excluding carboxylic acids is 2. The van der Waals surface area contributed by atoms with E-state index in [4.69, 9.17) is 17.0 Å². The standard InChI is InChI=1S/C27H24N2O3S2/c30-25(28-18-21-10-5-2-6-11-21)19-32-23-13-7-12-22(16-23)17-24-26(31)29(27(33)34-24)15-14-20-8-3-1-4-9-20/h1-13,16-17H,14-15,18-19H2,(H,28,30)/b24-17-. The lowest BCUT2D eigenvalue weighted by molar-refractivity contribution is -0.123. The van der Waals surface area contributed by atoms with Crippen LogP contribution in [0.3, 0.4) is 0 Å². The van der Waals surface area contributed by atoms with Crippen LogP contribution in [-0.4, -0.2) is 34.2 Å². The Morgan fingerprint density at radius 2 is 1.68 bits per heavy atom. The molecule has 0 saturated carbocycles. The lowest BCUT2D eigenvalue weighted by Crippen LogP contribution is -2.30. The summed E-state index contributed by atoms with van der Waals surface area (Å²) < 4.78 is 6.21. The molecule has 1 heterocycles. The van der Waals surface area contributed by atoms with Crippen LogP contribution in [0.1, 0.15) is 16.7 Å². The van der Waals surface area contributed by atoms with Crippen molar-refractivity contribution >= 4 is 46.2 Å². The van der Waals surface area contributed by atoms with Gasteiger partial charge >= 0.3 is 0 Å². The van der Waals surface area contributed by atoms with E-state index in [-0.39, 0.29) is 18.4 Å². The molecule has 34 heavy (non-hydrogen) atoms. The Balaban J connectivity index is 1.32. The number of hydrogen-bond acceptors (Lipinski definition) is 5. The monoisotopic (exact) mass is 488 g/mol. The van der Waals surface area contributed by atoms with E-state index >= 15 is 0 Å². The number of benzene rings is 3. The largest absolute Gasteiger partial charge is 0.484 e. The van der Waals surface area contributed by atoms with Crippen LogP contribution in [0.2, 0.25) is 0 Å². The maximum absolute atomic E-state index is 12.9. The molecule has 3 aromatic carbocycles. The Morgan fingerprint density at radius 1 is 0.971 bits per heavy atom. The molecule has 1 saturated heterocycles. The van der Waals surface area contributed by atoms with Crippen LogP contribution in [0, 0.1) is 0 Å². The number of hydrogen-bond donors (Lipinski definition) is 1. The summed E-state index contributed by atoms with van der Waals surface area (Å²) in [4.78, 5) is 27.2. The summed E-state index contributed by atoms with van der Waals surface area (Å²) in [6.07, 6.45) is 2.56. The first-order valence-corrected chi connectivity index (χ1v) is 12.1. The lowest BCUT2D eigenvalue weighted by Gasteiger charge is -2.14. The zero-order chi connectivity index (χ0) is 23.8. The molecule has 0 aliphatic carbocycles. The van der Waals surface area contributed by atoms with Crippen LogP contribution in [0.15, 0.2) is 89.8 Å². The number of amides is 2. The molecule has 0 radical (unpaired) electrons.